The maximum absolute atomic E-state index is 12.3. The molecule has 1 N–H and O–H groups in total. The zero-order valence-corrected chi connectivity index (χ0v) is 16.2. The van der Waals surface area contributed by atoms with Gasteiger partial charge in [0.05, 0.1) is 12.1 Å². The summed E-state index contributed by atoms with van der Waals surface area (Å²) in [5.41, 5.74) is 3.55. The second-order valence-corrected chi connectivity index (χ2v) is 6.44. The number of anilines is 2. The quantitative estimate of drug-likeness (QED) is 0.817. The van der Waals surface area contributed by atoms with Crippen molar-refractivity contribution in [2.75, 3.05) is 23.9 Å². The summed E-state index contributed by atoms with van der Waals surface area (Å²) in [5.74, 6) is 0.254. The lowest BCUT2D eigenvalue weighted by Gasteiger charge is -2.23. The average Bonchev–Trinajstić information content (AvgIpc) is 2.58. The molecule has 0 heterocycles. The summed E-state index contributed by atoms with van der Waals surface area (Å²) in [7, 11) is 1.53. The Labute approximate surface area is 158 Å². The van der Waals surface area contributed by atoms with Crippen LogP contribution in [-0.4, -0.2) is 25.5 Å². The van der Waals surface area contributed by atoms with E-state index >= 15 is 0 Å². The lowest BCUT2D eigenvalue weighted by atomic mass is 10.1. The van der Waals surface area contributed by atoms with Gasteiger partial charge >= 0.3 is 0 Å². The number of rotatable bonds is 6. The van der Waals surface area contributed by atoms with Gasteiger partial charge in [-0.05, 0) is 49.2 Å². The minimum atomic E-state index is -0.192. The minimum Gasteiger partial charge on any atom is -0.495 e. The first-order chi connectivity index (χ1) is 12.3. The number of nitrogens with zero attached hydrogens (tertiary/aromatic N) is 1. The fourth-order valence-electron chi connectivity index (χ4n) is 2.66. The summed E-state index contributed by atoms with van der Waals surface area (Å²) in [6, 6.07) is 10.8. The molecule has 138 valence electrons. The number of aryl methyl sites for hydroxylation is 1. The second-order valence-electron chi connectivity index (χ2n) is 6.04. The molecule has 0 aromatic heterocycles. The minimum absolute atomic E-state index is 0.0982. The molecular formula is C20H23ClN2O3. The number of methoxy groups -OCH3 is 1. The van der Waals surface area contributed by atoms with Gasteiger partial charge in [-0.15, -0.1) is 0 Å². The number of halogens is 1. The van der Waals surface area contributed by atoms with Crippen molar-refractivity contribution in [1.82, 2.24) is 0 Å². The predicted octanol–water partition coefficient (Wildman–Crippen LogP) is 4.35. The van der Waals surface area contributed by atoms with Gasteiger partial charge < -0.3 is 15.0 Å². The third-order valence-corrected chi connectivity index (χ3v) is 4.54. The van der Waals surface area contributed by atoms with E-state index < -0.39 is 0 Å². The molecule has 0 saturated carbocycles. The highest BCUT2D eigenvalue weighted by molar-refractivity contribution is 6.32. The summed E-state index contributed by atoms with van der Waals surface area (Å²) in [6.07, 6.45) is 0.177. The van der Waals surface area contributed by atoms with Crippen molar-refractivity contribution in [1.29, 1.82) is 0 Å². The summed E-state index contributed by atoms with van der Waals surface area (Å²) >= 11 is 6.07. The first kappa shape index (κ1) is 19.8. The number of carbonyl (C=O) groups excluding carboxylic acids is 2. The third kappa shape index (κ3) is 4.76. The number of hydrogen-bond acceptors (Lipinski definition) is 3. The van der Waals surface area contributed by atoms with Gasteiger partial charge in [-0.25, -0.2) is 0 Å². The molecule has 2 aromatic carbocycles. The molecule has 0 unspecified atom stereocenters. The standard InChI is InChI=1S/C20H23ClN2O3/c1-13-6-5-7-18(14(13)2)23(15(3)24)11-10-20(25)22-16-8-9-19(26-4)17(21)12-16/h5-9,12H,10-11H2,1-4H3,(H,22,25). The zero-order chi connectivity index (χ0) is 19.3. The van der Waals surface area contributed by atoms with Crippen LogP contribution in [0.1, 0.15) is 24.5 Å². The SMILES string of the molecule is COc1ccc(NC(=O)CCN(C(C)=O)c2cccc(C)c2C)cc1Cl. The highest BCUT2D eigenvalue weighted by Crippen LogP contribution is 2.27. The third-order valence-electron chi connectivity index (χ3n) is 4.24. The summed E-state index contributed by atoms with van der Waals surface area (Å²) in [6.45, 7) is 5.77. The Morgan fingerprint density at radius 1 is 1.19 bits per heavy atom. The largest absolute Gasteiger partial charge is 0.495 e. The fourth-order valence-corrected chi connectivity index (χ4v) is 2.91. The zero-order valence-electron chi connectivity index (χ0n) is 15.4. The number of ether oxygens (including phenoxy) is 1. The summed E-state index contributed by atoms with van der Waals surface area (Å²) in [5, 5.41) is 3.21. The van der Waals surface area contributed by atoms with E-state index in [0.717, 1.165) is 16.8 Å². The molecule has 0 radical (unpaired) electrons. The number of amides is 2. The Balaban J connectivity index is 2.05. The van der Waals surface area contributed by atoms with E-state index in [1.165, 1.54) is 14.0 Å². The molecule has 0 fully saturated rings. The van der Waals surface area contributed by atoms with Crippen LogP contribution < -0.4 is 15.0 Å². The molecule has 0 aliphatic carbocycles. The second kappa shape index (κ2) is 8.72. The summed E-state index contributed by atoms with van der Waals surface area (Å²) in [4.78, 5) is 25.9. The Bertz CT molecular complexity index is 821. The van der Waals surface area contributed by atoms with E-state index in [2.05, 4.69) is 5.32 Å². The van der Waals surface area contributed by atoms with Gasteiger partial charge in [-0.2, -0.15) is 0 Å². The monoisotopic (exact) mass is 374 g/mol. The Morgan fingerprint density at radius 2 is 1.92 bits per heavy atom. The van der Waals surface area contributed by atoms with Crippen molar-refractivity contribution in [3.05, 3.63) is 52.5 Å². The first-order valence-corrected chi connectivity index (χ1v) is 8.69. The van der Waals surface area contributed by atoms with E-state index in [1.807, 2.05) is 32.0 Å². The van der Waals surface area contributed by atoms with Crippen LogP contribution in [0.25, 0.3) is 0 Å². The van der Waals surface area contributed by atoms with E-state index in [4.69, 9.17) is 16.3 Å². The van der Waals surface area contributed by atoms with E-state index in [1.54, 1.807) is 23.1 Å². The van der Waals surface area contributed by atoms with Crippen molar-refractivity contribution < 1.29 is 14.3 Å². The molecule has 0 atom stereocenters. The Hall–Kier alpha value is -2.53. The van der Waals surface area contributed by atoms with Gasteiger partial charge in [0.2, 0.25) is 11.8 Å². The van der Waals surface area contributed by atoms with Crippen molar-refractivity contribution in [3.8, 4) is 5.75 Å². The molecular weight excluding hydrogens is 352 g/mol. The average molecular weight is 375 g/mol. The lowest BCUT2D eigenvalue weighted by Crippen LogP contribution is -2.32. The maximum Gasteiger partial charge on any atom is 0.226 e. The van der Waals surface area contributed by atoms with E-state index in [-0.39, 0.29) is 18.2 Å². The summed E-state index contributed by atoms with van der Waals surface area (Å²) < 4.78 is 5.09. The molecule has 2 aromatic rings. The van der Waals surface area contributed by atoms with Crippen molar-refractivity contribution in [3.63, 3.8) is 0 Å². The Morgan fingerprint density at radius 3 is 2.54 bits per heavy atom. The molecule has 2 rings (SSSR count). The van der Waals surface area contributed by atoms with Crippen molar-refractivity contribution in [2.24, 2.45) is 0 Å². The van der Waals surface area contributed by atoms with Gasteiger partial charge in [0.15, 0.2) is 0 Å². The predicted molar refractivity (Wildman–Crippen MR) is 105 cm³/mol. The molecule has 0 bridgehead atoms. The van der Waals surface area contributed by atoms with Crippen LogP contribution in [0.15, 0.2) is 36.4 Å². The number of nitrogens with one attached hydrogen (secondary N) is 1. The van der Waals surface area contributed by atoms with Gasteiger partial charge in [-0.1, -0.05) is 23.7 Å². The van der Waals surface area contributed by atoms with Gasteiger partial charge in [-0.3, -0.25) is 9.59 Å². The topological polar surface area (TPSA) is 58.6 Å². The van der Waals surface area contributed by atoms with Crippen molar-refractivity contribution >= 4 is 34.8 Å². The number of carbonyl (C=O) groups is 2. The highest BCUT2D eigenvalue weighted by atomic mass is 35.5. The molecule has 0 spiro atoms. The number of benzene rings is 2. The lowest BCUT2D eigenvalue weighted by molar-refractivity contribution is -0.117. The molecule has 6 heteroatoms. The van der Waals surface area contributed by atoms with E-state index in [0.29, 0.717) is 23.0 Å². The first-order valence-electron chi connectivity index (χ1n) is 8.31. The molecule has 0 aliphatic rings. The van der Waals surface area contributed by atoms with Gasteiger partial charge in [0.25, 0.3) is 0 Å². The molecule has 26 heavy (non-hydrogen) atoms. The van der Waals surface area contributed by atoms with Crippen LogP contribution in [-0.2, 0) is 9.59 Å². The Kier molecular flexibility index (Phi) is 6.64. The van der Waals surface area contributed by atoms with Gasteiger partial charge in [0.1, 0.15) is 5.75 Å². The van der Waals surface area contributed by atoms with Crippen LogP contribution >= 0.6 is 11.6 Å². The molecule has 0 aliphatic heterocycles. The maximum atomic E-state index is 12.3. The van der Waals surface area contributed by atoms with Crippen LogP contribution in [0.5, 0.6) is 5.75 Å². The normalized spacial score (nSPS) is 10.3. The molecule has 2 amide bonds. The van der Waals surface area contributed by atoms with Crippen LogP contribution in [0.3, 0.4) is 0 Å². The molecule has 0 saturated heterocycles. The fraction of sp³-hybridized carbons (Fsp3) is 0.300. The van der Waals surface area contributed by atoms with Crippen LogP contribution in [0.2, 0.25) is 5.02 Å². The van der Waals surface area contributed by atoms with Crippen LogP contribution in [0.4, 0.5) is 11.4 Å². The molecule has 5 nitrogen and oxygen atoms in total. The smallest absolute Gasteiger partial charge is 0.226 e. The van der Waals surface area contributed by atoms with Crippen LogP contribution in [0, 0.1) is 13.8 Å². The van der Waals surface area contributed by atoms with Crippen molar-refractivity contribution in [2.45, 2.75) is 27.2 Å². The highest BCUT2D eigenvalue weighted by Gasteiger charge is 2.16. The number of hydrogen-bond donors (Lipinski definition) is 1. The van der Waals surface area contributed by atoms with E-state index in [9.17, 15) is 9.59 Å². The van der Waals surface area contributed by atoms with Gasteiger partial charge in [0, 0.05) is 31.3 Å².